The lowest BCUT2D eigenvalue weighted by Crippen LogP contribution is -2.24. The molecule has 5 heteroatoms. The molecule has 0 spiro atoms. The second kappa shape index (κ2) is 5.73. The van der Waals surface area contributed by atoms with Gasteiger partial charge in [0.1, 0.15) is 0 Å². The second-order valence-corrected chi connectivity index (χ2v) is 5.37. The lowest BCUT2D eigenvalue weighted by Gasteiger charge is -2.08. The quantitative estimate of drug-likeness (QED) is 0.901. The summed E-state index contributed by atoms with van der Waals surface area (Å²) in [4.78, 5) is 11.7. The first-order chi connectivity index (χ1) is 8.65. The molecule has 0 saturated heterocycles. The number of hydrogen-bond donors (Lipinski definition) is 1. The standard InChI is InChI=1S/C13H14N2O2S/c1-18(17)12-7-3-10(4-8-12)2-5-11-6-9-13(16)15-14-11/h2-5,7-8H,6,9H2,1H3,(H,15,16). The number of amides is 1. The van der Waals surface area contributed by atoms with Gasteiger partial charge in [0.25, 0.3) is 0 Å². The SMILES string of the molecule is CS(=O)c1ccc(C=CC2=NNC(=O)CC2)cc1. The molecule has 1 aromatic carbocycles. The summed E-state index contributed by atoms with van der Waals surface area (Å²) in [7, 11) is -0.945. The monoisotopic (exact) mass is 262 g/mol. The van der Waals surface area contributed by atoms with Crippen molar-refractivity contribution in [1.82, 2.24) is 5.43 Å². The summed E-state index contributed by atoms with van der Waals surface area (Å²) in [6.07, 6.45) is 6.62. The Kier molecular flexibility index (Phi) is 4.04. The van der Waals surface area contributed by atoms with Crippen molar-refractivity contribution in [3.8, 4) is 0 Å². The zero-order chi connectivity index (χ0) is 13.0. The van der Waals surface area contributed by atoms with E-state index in [9.17, 15) is 9.00 Å². The highest BCUT2D eigenvalue weighted by Gasteiger charge is 2.08. The molecule has 2 rings (SSSR count). The number of benzene rings is 1. The van der Waals surface area contributed by atoms with Crippen molar-refractivity contribution in [1.29, 1.82) is 0 Å². The van der Waals surface area contributed by atoms with Gasteiger partial charge in [-0.15, -0.1) is 0 Å². The van der Waals surface area contributed by atoms with Crippen LogP contribution in [0.15, 0.2) is 40.3 Å². The van der Waals surface area contributed by atoms with Crippen LogP contribution >= 0.6 is 0 Å². The number of hydrazone groups is 1. The van der Waals surface area contributed by atoms with Crippen molar-refractivity contribution in [3.05, 3.63) is 35.9 Å². The average molecular weight is 262 g/mol. The van der Waals surface area contributed by atoms with Crippen LogP contribution in [0.3, 0.4) is 0 Å². The van der Waals surface area contributed by atoms with Crippen LogP contribution in [0.5, 0.6) is 0 Å². The number of nitrogens with one attached hydrogen (secondary N) is 1. The van der Waals surface area contributed by atoms with Crippen LogP contribution in [0.4, 0.5) is 0 Å². The molecule has 1 aromatic rings. The number of carbonyl (C=O) groups is 1. The van der Waals surface area contributed by atoms with E-state index in [-0.39, 0.29) is 5.91 Å². The lowest BCUT2D eigenvalue weighted by molar-refractivity contribution is -0.121. The van der Waals surface area contributed by atoms with Crippen LogP contribution in [-0.2, 0) is 15.6 Å². The predicted molar refractivity (Wildman–Crippen MR) is 72.6 cm³/mol. The maximum atomic E-state index is 11.2. The largest absolute Gasteiger partial charge is 0.273 e. The minimum absolute atomic E-state index is 0.0399. The van der Waals surface area contributed by atoms with Gasteiger partial charge in [-0.05, 0) is 23.8 Å². The summed E-state index contributed by atoms with van der Waals surface area (Å²) in [6.45, 7) is 0. The van der Waals surface area contributed by atoms with Crippen LogP contribution in [-0.4, -0.2) is 22.1 Å². The molecule has 0 aromatic heterocycles. The fraction of sp³-hybridized carbons (Fsp3) is 0.231. The molecule has 0 fully saturated rings. The van der Waals surface area contributed by atoms with E-state index in [1.807, 2.05) is 36.4 Å². The summed E-state index contributed by atoms with van der Waals surface area (Å²) in [6, 6.07) is 7.52. The molecular formula is C13H14N2O2S. The van der Waals surface area contributed by atoms with E-state index in [4.69, 9.17) is 0 Å². The Bertz CT molecular complexity index is 532. The molecular weight excluding hydrogens is 248 g/mol. The Balaban J connectivity index is 2.05. The van der Waals surface area contributed by atoms with Crippen molar-refractivity contribution in [2.45, 2.75) is 17.7 Å². The fourth-order valence-corrected chi connectivity index (χ4v) is 2.09. The smallest absolute Gasteiger partial charge is 0.240 e. The zero-order valence-electron chi connectivity index (χ0n) is 10.1. The minimum atomic E-state index is -0.945. The number of allylic oxidation sites excluding steroid dienone is 1. The Morgan fingerprint density at radius 2 is 1.94 bits per heavy atom. The van der Waals surface area contributed by atoms with Gasteiger partial charge in [-0.1, -0.05) is 18.2 Å². The van der Waals surface area contributed by atoms with Crippen LogP contribution in [0.1, 0.15) is 18.4 Å². The van der Waals surface area contributed by atoms with Crippen molar-refractivity contribution in [3.63, 3.8) is 0 Å². The molecule has 1 atom stereocenters. The van der Waals surface area contributed by atoms with Gasteiger partial charge >= 0.3 is 0 Å². The predicted octanol–water partition coefficient (Wildman–Crippen LogP) is 1.70. The number of carbonyl (C=O) groups excluding carboxylic acids is 1. The van der Waals surface area contributed by atoms with Crippen molar-refractivity contribution >= 4 is 28.5 Å². The molecule has 0 radical (unpaired) electrons. The molecule has 0 saturated carbocycles. The van der Waals surface area contributed by atoms with E-state index < -0.39 is 10.8 Å². The lowest BCUT2D eigenvalue weighted by atomic mass is 10.1. The Morgan fingerprint density at radius 3 is 2.50 bits per heavy atom. The Hall–Kier alpha value is -1.75. The van der Waals surface area contributed by atoms with Crippen molar-refractivity contribution in [2.75, 3.05) is 6.26 Å². The van der Waals surface area contributed by atoms with Gasteiger partial charge in [0.15, 0.2) is 0 Å². The molecule has 0 bridgehead atoms. The third kappa shape index (κ3) is 3.37. The summed E-state index contributed by atoms with van der Waals surface area (Å²) in [5.74, 6) is -0.0399. The van der Waals surface area contributed by atoms with Crippen LogP contribution in [0, 0.1) is 0 Å². The normalized spacial score (nSPS) is 17.4. The molecule has 1 unspecified atom stereocenters. The highest BCUT2D eigenvalue weighted by Crippen LogP contribution is 2.10. The fourth-order valence-electron chi connectivity index (χ4n) is 1.57. The van der Waals surface area contributed by atoms with E-state index in [1.54, 1.807) is 6.26 Å². The first kappa shape index (κ1) is 12.7. The third-order valence-electron chi connectivity index (χ3n) is 2.61. The maximum absolute atomic E-state index is 11.2. The van der Waals surface area contributed by atoms with E-state index in [0.29, 0.717) is 12.8 Å². The summed E-state index contributed by atoms with van der Waals surface area (Å²) in [5.41, 5.74) is 4.33. The molecule has 0 aliphatic carbocycles. The number of nitrogens with zero attached hydrogens (tertiary/aromatic N) is 1. The van der Waals surface area contributed by atoms with Crippen LogP contribution in [0.2, 0.25) is 0 Å². The molecule has 1 amide bonds. The first-order valence-corrected chi connectivity index (χ1v) is 7.18. The minimum Gasteiger partial charge on any atom is -0.273 e. The van der Waals surface area contributed by atoms with Gasteiger partial charge in [-0.2, -0.15) is 5.10 Å². The van der Waals surface area contributed by atoms with E-state index in [1.165, 1.54) is 0 Å². The maximum Gasteiger partial charge on any atom is 0.240 e. The van der Waals surface area contributed by atoms with Crippen LogP contribution in [0.25, 0.3) is 6.08 Å². The highest BCUT2D eigenvalue weighted by molar-refractivity contribution is 7.84. The van der Waals surface area contributed by atoms with Gasteiger partial charge in [0.05, 0.1) is 5.71 Å². The molecule has 1 aliphatic rings. The molecule has 1 heterocycles. The van der Waals surface area contributed by atoms with Crippen molar-refractivity contribution < 1.29 is 9.00 Å². The van der Waals surface area contributed by atoms with Gasteiger partial charge < -0.3 is 0 Å². The summed E-state index contributed by atoms with van der Waals surface area (Å²) < 4.78 is 11.2. The van der Waals surface area contributed by atoms with E-state index in [2.05, 4.69) is 10.5 Å². The van der Waals surface area contributed by atoms with Gasteiger partial charge in [0, 0.05) is 34.8 Å². The average Bonchev–Trinajstić information content (AvgIpc) is 2.38. The van der Waals surface area contributed by atoms with E-state index >= 15 is 0 Å². The molecule has 1 aliphatic heterocycles. The topological polar surface area (TPSA) is 58.5 Å². The summed E-state index contributed by atoms with van der Waals surface area (Å²) >= 11 is 0. The van der Waals surface area contributed by atoms with Gasteiger partial charge in [0.2, 0.25) is 5.91 Å². The molecule has 1 N–H and O–H groups in total. The summed E-state index contributed by atoms with van der Waals surface area (Å²) in [5, 5.41) is 3.95. The number of rotatable bonds is 3. The number of hydrogen-bond acceptors (Lipinski definition) is 3. The highest BCUT2D eigenvalue weighted by atomic mass is 32.2. The van der Waals surface area contributed by atoms with Crippen molar-refractivity contribution in [2.24, 2.45) is 5.10 Å². The first-order valence-electron chi connectivity index (χ1n) is 5.62. The molecule has 4 nitrogen and oxygen atoms in total. The van der Waals surface area contributed by atoms with Crippen LogP contribution < -0.4 is 5.43 Å². The second-order valence-electron chi connectivity index (χ2n) is 3.99. The Labute approximate surface area is 108 Å². The molecule has 94 valence electrons. The van der Waals surface area contributed by atoms with Gasteiger partial charge in [-0.3, -0.25) is 9.00 Å². The third-order valence-corrected chi connectivity index (χ3v) is 3.55. The van der Waals surface area contributed by atoms with Gasteiger partial charge in [-0.25, -0.2) is 5.43 Å². The Morgan fingerprint density at radius 1 is 1.22 bits per heavy atom. The molecule has 18 heavy (non-hydrogen) atoms. The van der Waals surface area contributed by atoms with E-state index in [0.717, 1.165) is 16.2 Å². The zero-order valence-corrected chi connectivity index (χ0v) is 10.9.